The first-order valence-electron chi connectivity index (χ1n) is 8.80. The van der Waals surface area contributed by atoms with Crippen LogP contribution in [0, 0.1) is 0 Å². The van der Waals surface area contributed by atoms with Gasteiger partial charge in [-0.05, 0) is 43.9 Å². The summed E-state index contributed by atoms with van der Waals surface area (Å²) in [6, 6.07) is 3.98. The molecule has 0 spiro atoms. The van der Waals surface area contributed by atoms with Gasteiger partial charge in [-0.2, -0.15) is 4.98 Å². The fourth-order valence-electron chi connectivity index (χ4n) is 2.55. The van der Waals surface area contributed by atoms with Crippen LogP contribution < -0.4 is 10.1 Å². The Hall–Kier alpha value is -3.03. The van der Waals surface area contributed by atoms with Crippen molar-refractivity contribution in [2.45, 2.75) is 32.1 Å². The van der Waals surface area contributed by atoms with E-state index in [2.05, 4.69) is 30.5 Å². The molecule has 0 aromatic carbocycles. The minimum absolute atomic E-state index is 0.402. The highest BCUT2D eigenvalue weighted by atomic mass is 16.5. The van der Waals surface area contributed by atoms with Gasteiger partial charge in [0.1, 0.15) is 5.56 Å². The van der Waals surface area contributed by atoms with Crippen LogP contribution in [0.3, 0.4) is 0 Å². The summed E-state index contributed by atoms with van der Waals surface area (Å²) in [5.41, 5.74) is 1.82. The molecule has 0 amide bonds. The molecule has 0 radical (unpaired) electrons. The summed E-state index contributed by atoms with van der Waals surface area (Å²) in [4.78, 5) is 12.8. The summed E-state index contributed by atoms with van der Waals surface area (Å²) in [5.74, 6) is 2.44. The Balaban J connectivity index is 1.47. The van der Waals surface area contributed by atoms with Gasteiger partial charge in [-0.25, -0.2) is 4.98 Å². The normalized spacial score (nSPS) is 13.6. The molecule has 1 aliphatic carbocycles. The first kappa shape index (κ1) is 16.4. The van der Waals surface area contributed by atoms with Gasteiger partial charge >= 0.3 is 0 Å². The van der Waals surface area contributed by atoms with E-state index in [-0.39, 0.29) is 0 Å². The molecule has 1 saturated carbocycles. The molecule has 8 heteroatoms. The maximum absolute atomic E-state index is 5.75. The van der Waals surface area contributed by atoms with Gasteiger partial charge in [0.05, 0.1) is 6.61 Å². The number of nitrogens with zero attached hydrogens (tertiary/aromatic N) is 5. The van der Waals surface area contributed by atoms with Gasteiger partial charge in [0.25, 0.3) is 5.89 Å². The fraction of sp³-hybridized carbons (Fsp3) is 0.389. The van der Waals surface area contributed by atoms with E-state index >= 15 is 0 Å². The van der Waals surface area contributed by atoms with Gasteiger partial charge < -0.3 is 14.5 Å². The van der Waals surface area contributed by atoms with Crippen molar-refractivity contribution in [3.05, 3.63) is 42.2 Å². The Morgan fingerprint density at radius 3 is 2.85 bits per heavy atom. The molecule has 1 aliphatic rings. The highest BCUT2D eigenvalue weighted by molar-refractivity contribution is 5.59. The van der Waals surface area contributed by atoms with E-state index in [1.807, 2.05) is 19.1 Å². The first-order valence-corrected chi connectivity index (χ1v) is 8.80. The van der Waals surface area contributed by atoms with E-state index in [1.165, 1.54) is 5.56 Å². The van der Waals surface area contributed by atoms with Crippen LogP contribution in [0.5, 0.6) is 5.88 Å². The zero-order chi connectivity index (χ0) is 17.8. The molecule has 4 rings (SSSR count). The van der Waals surface area contributed by atoms with Crippen LogP contribution in [0.15, 0.2) is 35.1 Å². The highest BCUT2D eigenvalue weighted by Crippen LogP contribution is 2.40. The number of anilines is 1. The lowest BCUT2D eigenvalue weighted by molar-refractivity contribution is 0.327. The molecule has 3 aromatic rings. The summed E-state index contributed by atoms with van der Waals surface area (Å²) in [6.07, 6.45) is 8.30. The van der Waals surface area contributed by atoms with Crippen LogP contribution in [0.1, 0.15) is 37.1 Å². The molecular formula is C18H20N6O2. The third-order valence-corrected chi connectivity index (χ3v) is 4.08. The lowest BCUT2D eigenvalue weighted by Crippen LogP contribution is -2.09. The summed E-state index contributed by atoms with van der Waals surface area (Å²) in [6.45, 7) is 3.11. The fourth-order valence-corrected chi connectivity index (χ4v) is 2.55. The average molecular weight is 352 g/mol. The van der Waals surface area contributed by atoms with E-state index in [1.54, 1.807) is 18.6 Å². The van der Waals surface area contributed by atoms with Gasteiger partial charge in [-0.15, -0.1) is 10.2 Å². The van der Waals surface area contributed by atoms with Crippen molar-refractivity contribution in [2.24, 2.45) is 0 Å². The van der Waals surface area contributed by atoms with Crippen LogP contribution in [0.25, 0.3) is 11.5 Å². The number of aromatic nitrogens is 5. The van der Waals surface area contributed by atoms with Crippen molar-refractivity contribution in [1.29, 1.82) is 0 Å². The average Bonchev–Trinajstić information content (AvgIpc) is 3.41. The molecule has 1 N–H and O–H groups in total. The summed E-state index contributed by atoms with van der Waals surface area (Å²) < 4.78 is 11.4. The molecular weight excluding hydrogens is 332 g/mol. The molecule has 0 unspecified atom stereocenters. The quantitative estimate of drug-likeness (QED) is 0.661. The largest absolute Gasteiger partial charge is 0.477 e. The van der Waals surface area contributed by atoms with E-state index < -0.39 is 0 Å². The number of hydrogen-bond acceptors (Lipinski definition) is 8. The Bertz CT molecular complexity index is 863. The third kappa shape index (κ3) is 3.79. The number of ether oxygens (including phenoxy) is 1. The molecule has 26 heavy (non-hydrogen) atoms. The number of pyridine rings is 1. The molecule has 8 nitrogen and oxygen atoms in total. The summed E-state index contributed by atoms with van der Waals surface area (Å²) >= 11 is 0. The zero-order valence-corrected chi connectivity index (χ0v) is 14.6. The highest BCUT2D eigenvalue weighted by Gasteiger charge is 2.30. The predicted octanol–water partition coefficient (Wildman–Crippen LogP) is 2.85. The third-order valence-electron chi connectivity index (χ3n) is 4.08. The van der Waals surface area contributed by atoms with Crippen molar-refractivity contribution in [3.63, 3.8) is 0 Å². The predicted molar refractivity (Wildman–Crippen MR) is 94.9 cm³/mol. The van der Waals surface area contributed by atoms with Gasteiger partial charge in [0.15, 0.2) is 0 Å². The van der Waals surface area contributed by atoms with Crippen LogP contribution in [-0.4, -0.2) is 38.3 Å². The Kier molecular flexibility index (Phi) is 4.72. The monoisotopic (exact) mass is 352 g/mol. The molecule has 0 atom stereocenters. The van der Waals surface area contributed by atoms with E-state index in [0.717, 1.165) is 19.3 Å². The maximum atomic E-state index is 5.75. The van der Waals surface area contributed by atoms with Crippen LogP contribution in [0.4, 0.5) is 5.95 Å². The minimum Gasteiger partial charge on any atom is -0.477 e. The lowest BCUT2D eigenvalue weighted by atomic mass is 10.2. The Labute approximate surface area is 151 Å². The van der Waals surface area contributed by atoms with Gasteiger partial charge in [0, 0.05) is 31.1 Å². The summed E-state index contributed by atoms with van der Waals surface area (Å²) in [7, 11) is 0. The first-order chi connectivity index (χ1) is 12.8. The van der Waals surface area contributed by atoms with Gasteiger partial charge in [-0.1, -0.05) is 0 Å². The van der Waals surface area contributed by atoms with Crippen molar-refractivity contribution in [1.82, 2.24) is 25.1 Å². The van der Waals surface area contributed by atoms with E-state index in [0.29, 0.717) is 48.2 Å². The van der Waals surface area contributed by atoms with E-state index in [9.17, 15) is 0 Å². The van der Waals surface area contributed by atoms with Crippen LogP contribution in [-0.2, 0) is 6.42 Å². The molecule has 0 bridgehead atoms. The van der Waals surface area contributed by atoms with Gasteiger partial charge in [0.2, 0.25) is 17.7 Å². The zero-order valence-electron chi connectivity index (χ0n) is 14.6. The minimum atomic E-state index is 0.402. The number of hydrogen-bond donors (Lipinski definition) is 1. The Morgan fingerprint density at radius 2 is 2.08 bits per heavy atom. The topological polar surface area (TPSA) is 98.8 Å². The molecule has 3 aromatic heterocycles. The number of nitrogens with one attached hydrogen (secondary N) is 1. The summed E-state index contributed by atoms with van der Waals surface area (Å²) in [5, 5.41) is 11.4. The SMILES string of the molecule is CCOc1nc(NCCc2ccncc2)ncc1-c1nnc(C2CC2)o1. The molecule has 134 valence electrons. The second-order valence-electron chi connectivity index (χ2n) is 6.10. The molecule has 3 heterocycles. The van der Waals surface area contributed by atoms with Crippen molar-refractivity contribution in [3.8, 4) is 17.3 Å². The molecule has 0 saturated heterocycles. The lowest BCUT2D eigenvalue weighted by Gasteiger charge is -2.09. The van der Waals surface area contributed by atoms with Crippen molar-refractivity contribution in [2.75, 3.05) is 18.5 Å². The Morgan fingerprint density at radius 1 is 1.23 bits per heavy atom. The van der Waals surface area contributed by atoms with Crippen LogP contribution in [0.2, 0.25) is 0 Å². The van der Waals surface area contributed by atoms with Crippen molar-refractivity contribution >= 4 is 5.95 Å². The van der Waals surface area contributed by atoms with Crippen molar-refractivity contribution < 1.29 is 9.15 Å². The standard InChI is InChI=1S/C18H20N6O2/c1-2-25-16-14(17-24-23-15(26-17)13-3-4-13)11-21-18(22-16)20-10-7-12-5-8-19-9-6-12/h5-6,8-9,11,13H,2-4,7,10H2,1H3,(H,20,21,22). The van der Waals surface area contributed by atoms with E-state index in [4.69, 9.17) is 9.15 Å². The second kappa shape index (κ2) is 7.47. The number of rotatable bonds is 8. The van der Waals surface area contributed by atoms with Crippen LogP contribution >= 0.6 is 0 Å². The second-order valence-corrected chi connectivity index (χ2v) is 6.10. The molecule has 0 aliphatic heterocycles. The smallest absolute Gasteiger partial charge is 0.254 e. The van der Waals surface area contributed by atoms with Gasteiger partial charge in [-0.3, -0.25) is 4.98 Å². The molecule has 1 fully saturated rings. The maximum Gasteiger partial charge on any atom is 0.254 e.